The third-order valence-corrected chi connectivity index (χ3v) is 5.59. The maximum Gasteiger partial charge on any atom is 0.416 e. The van der Waals surface area contributed by atoms with E-state index in [4.69, 9.17) is 16.0 Å². The van der Waals surface area contributed by atoms with Gasteiger partial charge in [-0.3, -0.25) is 4.57 Å². The molecule has 0 radical (unpaired) electrons. The number of piperidine rings is 1. The Labute approximate surface area is 187 Å². The van der Waals surface area contributed by atoms with Gasteiger partial charge in [-0.2, -0.15) is 18.2 Å². The smallest absolute Gasteiger partial charge is 0.416 e. The quantitative estimate of drug-likeness (QED) is 0.556. The highest BCUT2D eigenvalue weighted by Gasteiger charge is 2.35. The minimum Gasteiger partial charge on any atom is -0.488 e. The van der Waals surface area contributed by atoms with E-state index in [1.807, 2.05) is 4.90 Å². The molecule has 0 N–H and O–H groups in total. The fourth-order valence-electron chi connectivity index (χ4n) is 3.85. The van der Waals surface area contributed by atoms with Crippen LogP contribution in [-0.4, -0.2) is 46.9 Å². The zero-order valence-electron chi connectivity index (χ0n) is 17.8. The van der Waals surface area contributed by atoms with Crippen LogP contribution in [0.5, 0.6) is 5.75 Å². The van der Waals surface area contributed by atoms with Crippen molar-refractivity contribution in [1.29, 1.82) is 0 Å². The van der Waals surface area contributed by atoms with E-state index in [1.165, 1.54) is 29.9 Å². The van der Waals surface area contributed by atoms with Gasteiger partial charge in [-0.05, 0) is 30.3 Å². The molecule has 2 aromatic heterocycles. The number of benzene rings is 1. The number of rotatable bonds is 4. The minimum absolute atomic E-state index is 0.103. The second-order valence-electron chi connectivity index (χ2n) is 7.62. The predicted octanol–water partition coefficient (Wildman–Crippen LogP) is 3.57. The Morgan fingerprint density at radius 2 is 1.97 bits per heavy atom. The third kappa shape index (κ3) is 4.47. The second-order valence-corrected chi connectivity index (χ2v) is 7.62. The normalized spacial score (nSPS) is 18.8. The molecule has 0 amide bonds. The summed E-state index contributed by atoms with van der Waals surface area (Å²) >= 11 is 0. The zero-order valence-corrected chi connectivity index (χ0v) is 17.8. The Kier molecular flexibility index (Phi) is 5.95. The molecule has 0 aliphatic carbocycles. The van der Waals surface area contributed by atoms with Crippen LogP contribution in [0.25, 0.3) is 15.9 Å². The number of halogens is 3. The summed E-state index contributed by atoms with van der Waals surface area (Å²) in [7, 11) is 3.06. The number of ether oxygens (including phenoxy) is 2. The van der Waals surface area contributed by atoms with Crippen molar-refractivity contribution in [2.75, 3.05) is 25.1 Å². The first-order valence-electron chi connectivity index (χ1n) is 10.1. The fourth-order valence-corrected chi connectivity index (χ4v) is 3.85. The van der Waals surface area contributed by atoms with Crippen molar-refractivity contribution in [3.05, 3.63) is 63.9 Å². The van der Waals surface area contributed by atoms with Crippen molar-refractivity contribution < 1.29 is 22.6 Å². The highest BCUT2D eigenvalue weighted by atomic mass is 19.4. The molecule has 1 fully saturated rings. The van der Waals surface area contributed by atoms with E-state index in [1.54, 1.807) is 13.1 Å². The van der Waals surface area contributed by atoms with Gasteiger partial charge in [0.15, 0.2) is 5.82 Å². The Morgan fingerprint density at radius 1 is 1.18 bits per heavy atom. The summed E-state index contributed by atoms with van der Waals surface area (Å²) in [6, 6.07) is 7.90. The number of aromatic nitrogens is 3. The molecular formula is C22H20F3N5O3. The largest absolute Gasteiger partial charge is 0.488 e. The van der Waals surface area contributed by atoms with Crippen molar-refractivity contribution in [3.63, 3.8) is 0 Å². The Hall–Kier alpha value is -3.65. The van der Waals surface area contributed by atoms with Gasteiger partial charge in [-0.25, -0.2) is 4.79 Å². The molecule has 1 aliphatic rings. The van der Waals surface area contributed by atoms with E-state index < -0.39 is 29.6 Å². The summed E-state index contributed by atoms with van der Waals surface area (Å²) in [4.78, 5) is 26.1. The highest BCUT2D eigenvalue weighted by Crippen LogP contribution is 2.33. The van der Waals surface area contributed by atoms with Crippen molar-refractivity contribution >= 4 is 22.7 Å². The van der Waals surface area contributed by atoms with Crippen molar-refractivity contribution in [2.24, 2.45) is 7.05 Å². The van der Waals surface area contributed by atoms with Crippen LogP contribution >= 0.6 is 0 Å². The van der Waals surface area contributed by atoms with Crippen LogP contribution in [0.15, 0.2) is 41.2 Å². The minimum atomic E-state index is -4.47. The maximum absolute atomic E-state index is 13.0. The number of methoxy groups -OCH3 is 1. The fraction of sp³-hybridized carbons (Fsp3) is 0.364. The van der Waals surface area contributed by atoms with E-state index in [0.29, 0.717) is 29.8 Å². The van der Waals surface area contributed by atoms with Gasteiger partial charge < -0.3 is 19.2 Å². The molecule has 0 bridgehead atoms. The number of pyridine rings is 1. The van der Waals surface area contributed by atoms with Crippen LogP contribution in [0.2, 0.25) is 0 Å². The molecule has 8 nitrogen and oxygen atoms in total. The summed E-state index contributed by atoms with van der Waals surface area (Å²) < 4.78 is 51.9. The average molecular weight is 459 g/mol. The van der Waals surface area contributed by atoms with Crippen LogP contribution < -0.4 is 15.3 Å². The average Bonchev–Trinajstić information content (AvgIpc) is 2.81. The standard InChI is InChI=1S/C22H20F3N5O3/c1-26-18-8-7-15-19(27-18)20(28-21(31)29(15)2)30-10-9-16(17(12-30)32-3)33-14-6-4-5-13(11-14)22(23,24)25/h4-8,11,16-17H,9-10,12H2,2-3H3/t16-,17-/m1/s1. The van der Waals surface area contributed by atoms with E-state index >= 15 is 0 Å². The van der Waals surface area contributed by atoms with Gasteiger partial charge in [0.05, 0.1) is 11.1 Å². The summed E-state index contributed by atoms with van der Waals surface area (Å²) in [5.74, 6) is 0.610. The maximum atomic E-state index is 13.0. The number of aryl methyl sites for hydroxylation is 1. The zero-order chi connectivity index (χ0) is 23.8. The molecule has 3 heterocycles. The molecule has 172 valence electrons. The first-order valence-corrected chi connectivity index (χ1v) is 10.1. The van der Waals surface area contributed by atoms with Crippen molar-refractivity contribution in [1.82, 2.24) is 14.5 Å². The molecule has 2 atom stereocenters. The van der Waals surface area contributed by atoms with Crippen LogP contribution in [0.1, 0.15) is 12.0 Å². The number of anilines is 1. The monoisotopic (exact) mass is 459 g/mol. The molecule has 1 aromatic carbocycles. The van der Waals surface area contributed by atoms with E-state index in [9.17, 15) is 18.0 Å². The van der Waals surface area contributed by atoms with E-state index in [0.717, 1.165) is 12.1 Å². The first-order chi connectivity index (χ1) is 15.7. The molecule has 0 spiro atoms. The molecule has 33 heavy (non-hydrogen) atoms. The second kappa shape index (κ2) is 8.71. The Bertz CT molecular complexity index is 1280. The molecule has 4 rings (SSSR count). The molecule has 0 saturated carbocycles. The third-order valence-electron chi connectivity index (χ3n) is 5.59. The van der Waals surface area contributed by atoms with Gasteiger partial charge in [0.25, 0.3) is 5.82 Å². The topological polar surface area (TPSA) is 73.8 Å². The summed E-state index contributed by atoms with van der Waals surface area (Å²) in [5.41, 5.74) is -0.304. The number of nitrogens with zero attached hydrogens (tertiary/aromatic N) is 5. The molecule has 11 heteroatoms. The van der Waals surface area contributed by atoms with Gasteiger partial charge in [-0.15, -0.1) is 4.98 Å². The van der Waals surface area contributed by atoms with Gasteiger partial charge in [-0.1, -0.05) is 12.6 Å². The van der Waals surface area contributed by atoms with E-state index in [2.05, 4.69) is 14.8 Å². The summed E-state index contributed by atoms with van der Waals surface area (Å²) in [6.07, 6.45) is -5.06. The molecule has 0 unspecified atom stereocenters. The molecule has 3 aromatic rings. The number of hydrogen-bond acceptors (Lipinski definition) is 6. The number of hydrogen-bond donors (Lipinski definition) is 0. The first kappa shape index (κ1) is 22.5. The summed E-state index contributed by atoms with van der Waals surface area (Å²) in [5, 5.41) is 0. The van der Waals surface area contributed by atoms with Gasteiger partial charge >= 0.3 is 11.9 Å². The van der Waals surface area contributed by atoms with Gasteiger partial charge in [0, 0.05) is 33.7 Å². The van der Waals surface area contributed by atoms with Gasteiger partial charge in [0.2, 0.25) is 5.52 Å². The lowest BCUT2D eigenvalue weighted by atomic mass is 10.0. The van der Waals surface area contributed by atoms with E-state index in [-0.39, 0.29) is 18.1 Å². The Balaban J connectivity index is 1.61. The van der Waals surface area contributed by atoms with Crippen LogP contribution in [-0.2, 0) is 18.0 Å². The lowest BCUT2D eigenvalue weighted by Crippen LogP contribution is -2.50. The Morgan fingerprint density at radius 3 is 2.67 bits per heavy atom. The highest BCUT2D eigenvalue weighted by molar-refractivity contribution is 5.87. The molecule has 1 saturated heterocycles. The van der Waals surface area contributed by atoms with Crippen molar-refractivity contribution in [2.45, 2.75) is 24.8 Å². The van der Waals surface area contributed by atoms with Crippen LogP contribution in [0, 0.1) is 6.57 Å². The lowest BCUT2D eigenvalue weighted by Gasteiger charge is -2.38. The van der Waals surface area contributed by atoms with Crippen LogP contribution in [0.3, 0.4) is 0 Å². The number of alkyl halides is 3. The molecular weight excluding hydrogens is 439 g/mol. The molecule has 1 aliphatic heterocycles. The van der Waals surface area contributed by atoms with Crippen LogP contribution in [0.4, 0.5) is 24.8 Å². The SMILES string of the molecule is [C-]#[N+]c1ccc2c(n1)c(N1CC[C@@H](Oc3cccc(C(F)(F)F)c3)[C@H](OC)C1)nc(=O)n2C. The lowest BCUT2D eigenvalue weighted by molar-refractivity contribution is -0.137. The predicted molar refractivity (Wildman–Crippen MR) is 115 cm³/mol. The van der Waals surface area contributed by atoms with Gasteiger partial charge in [0.1, 0.15) is 18.0 Å². The van der Waals surface area contributed by atoms with Crippen molar-refractivity contribution in [3.8, 4) is 5.75 Å². The summed E-state index contributed by atoms with van der Waals surface area (Å²) in [6.45, 7) is 7.91. The number of fused-ring (bicyclic) bond motifs is 1.